The number of ether oxygens (including phenoxy) is 1. The Balaban J connectivity index is 2.11. The van der Waals surface area contributed by atoms with Gasteiger partial charge in [-0.1, -0.05) is 0 Å². The lowest BCUT2D eigenvalue weighted by Crippen LogP contribution is -2.17. The lowest BCUT2D eigenvalue weighted by atomic mass is 10.4. The Morgan fingerprint density at radius 1 is 1.41 bits per heavy atom. The largest absolute Gasteiger partial charge is 0.411 e. The second-order valence-electron chi connectivity index (χ2n) is 3.28. The van der Waals surface area contributed by atoms with Gasteiger partial charge in [0.1, 0.15) is 6.61 Å². The molecule has 1 aromatic rings. The monoisotopic (exact) mass is 266 g/mol. The summed E-state index contributed by atoms with van der Waals surface area (Å²) >= 11 is 1.48. The van der Waals surface area contributed by atoms with Gasteiger partial charge in [-0.2, -0.15) is 13.2 Å². The Kier molecular flexibility index (Phi) is 5.57. The SMILES string of the molecule is Nc1cnccc1SCCCOCC(F)(F)F. The number of nitrogens with two attached hydrogens (primary N) is 1. The normalized spacial score (nSPS) is 11.7. The van der Waals surface area contributed by atoms with E-state index in [4.69, 9.17) is 5.73 Å². The van der Waals surface area contributed by atoms with E-state index in [9.17, 15) is 13.2 Å². The first-order chi connectivity index (χ1) is 7.99. The van der Waals surface area contributed by atoms with Crippen LogP contribution in [0.2, 0.25) is 0 Å². The van der Waals surface area contributed by atoms with E-state index in [-0.39, 0.29) is 6.61 Å². The Labute approximate surface area is 102 Å². The van der Waals surface area contributed by atoms with Gasteiger partial charge in [0.15, 0.2) is 0 Å². The predicted molar refractivity (Wildman–Crippen MR) is 60.9 cm³/mol. The molecule has 0 aliphatic heterocycles. The number of pyridine rings is 1. The van der Waals surface area contributed by atoms with Crippen molar-refractivity contribution in [1.29, 1.82) is 0 Å². The van der Waals surface area contributed by atoms with Crippen LogP contribution in [-0.2, 0) is 4.74 Å². The molecule has 0 aliphatic rings. The lowest BCUT2D eigenvalue weighted by molar-refractivity contribution is -0.173. The average Bonchev–Trinajstić information content (AvgIpc) is 2.24. The highest BCUT2D eigenvalue weighted by Crippen LogP contribution is 2.24. The molecule has 1 heterocycles. The van der Waals surface area contributed by atoms with Gasteiger partial charge < -0.3 is 10.5 Å². The second-order valence-corrected chi connectivity index (χ2v) is 4.42. The summed E-state index contributed by atoms with van der Waals surface area (Å²) in [6, 6.07) is 1.77. The third kappa shape index (κ3) is 6.38. The number of hydrogen-bond acceptors (Lipinski definition) is 4. The number of nitrogens with zero attached hydrogens (tertiary/aromatic N) is 1. The molecular formula is C10H13F3N2OS. The minimum atomic E-state index is -4.25. The molecule has 0 bridgehead atoms. The molecular weight excluding hydrogens is 253 g/mol. The van der Waals surface area contributed by atoms with Gasteiger partial charge in [0.05, 0.1) is 11.9 Å². The van der Waals surface area contributed by atoms with Crippen molar-refractivity contribution < 1.29 is 17.9 Å². The molecule has 0 aliphatic carbocycles. The molecule has 0 fully saturated rings. The summed E-state index contributed by atoms with van der Waals surface area (Å²) < 4.78 is 39.7. The fraction of sp³-hybridized carbons (Fsp3) is 0.500. The van der Waals surface area contributed by atoms with Crippen molar-refractivity contribution in [3.8, 4) is 0 Å². The molecule has 3 nitrogen and oxygen atoms in total. The van der Waals surface area contributed by atoms with Crippen LogP contribution in [-0.4, -0.2) is 30.1 Å². The lowest BCUT2D eigenvalue weighted by Gasteiger charge is -2.07. The smallest absolute Gasteiger partial charge is 0.397 e. The predicted octanol–water partition coefficient (Wildman–Crippen LogP) is 2.72. The van der Waals surface area contributed by atoms with Gasteiger partial charge in [-0.15, -0.1) is 11.8 Å². The van der Waals surface area contributed by atoms with Crippen LogP contribution in [0.15, 0.2) is 23.4 Å². The third-order valence-corrected chi connectivity index (χ3v) is 2.94. The Morgan fingerprint density at radius 3 is 2.82 bits per heavy atom. The zero-order valence-electron chi connectivity index (χ0n) is 9.04. The second kappa shape index (κ2) is 6.70. The van der Waals surface area contributed by atoms with E-state index in [1.165, 1.54) is 11.8 Å². The molecule has 1 aromatic heterocycles. The molecule has 0 aromatic carbocycles. The highest BCUT2D eigenvalue weighted by molar-refractivity contribution is 7.99. The Morgan fingerprint density at radius 2 is 2.18 bits per heavy atom. The topological polar surface area (TPSA) is 48.1 Å². The number of hydrogen-bond donors (Lipinski definition) is 1. The summed E-state index contributed by atoms with van der Waals surface area (Å²) in [4.78, 5) is 4.73. The molecule has 0 amide bonds. The van der Waals surface area contributed by atoms with E-state index in [1.807, 2.05) is 0 Å². The number of halogens is 3. The van der Waals surface area contributed by atoms with E-state index < -0.39 is 12.8 Å². The first kappa shape index (κ1) is 14.1. The summed E-state index contributed by atoms with van der Waals surface area (Å²) in [6.45, 7) is -1.09. The van der Waals surface area contributed by atoms with E-state index in [0.29, 0.717) is 17.9 Å². The van der Waals surface area contributed by atoms with Crippen LogP contribution in [0.1, 0.15) is 6.42 Å². The van der Waals surface area contributed by atoms with Crippen LogP contribution in [0.4, 0.5) is 18.9 Å². The van der Waals surface area contributed by atoms with Gasteiger partial charge >= 0.3 is 6.18 Å². The van der Waals surface area contributed by atoms with Gasteiger partial charge in [0, 0.05) is 23.5 Å². The van der Waals surface area contributed by atoms with Crippen molar-refractivity contribution in [3.63, 3.8) is 0 Å². The van der Waals surface area contributed by atoms with Crippen LogP contribution in [0, 0.1) is 0 Å². The van der Waals surface area contributed by atoms with E-state index in [0.717, 1.165) is 4.90 Å². The van der Waals surface area contributed by atoms with E-state index in [1.54, 1.807) is 18.5 Å². The molecule has 17 heavy (non-hydrogen) atoms. The molecule has 0 atom stereocenters. The first-order valence-electron chi connectivity index (χ1n) is 4.96. The standard InChI is InChI=1S/C10H13F3N2OS/c11-10(12,13)7-16-4-1-5-17-9-2-3-15-6-8(9)14/h2-3,6H,1,4-5,7,14H2. The quantitative estimate of drug-likeness (QED) is 0.635. The number of rotatable bonds is 6. The average molecular weight is 266 g/mol. The minimum Gasteiger partial charge on any atom is -0.397 e. The molecule has 0 saturated carbocycles. The maximum Gasteiger partial charge on any atom is 0.411 e. The van der Waals surface area contributed by atoms with Gasteiger partial charge in [-0.25, -0.2) is 0 Å². The Hall–Kier alpha value is -0.950. The maximum absolute atomic E-state index is 11.7. The van der Waals surface area contributed by atoms with E-state index in [2.05, 4.69) is 9.72 Å². The zero-order valence-corrected chi connectivity index (χ0v) is 9.85. The van der Waals surface area contributed by atoms with Crippen molar-refractivity contribution in [2.75, 3.05) is 24.7 Å². The molecule has 0 unspecified atom stereocenters. The highest BCUT2D eigenvalue weighted by atomic mass is 32.2. The molecule has 0 radical (unpaired) electrons. The fourth-order valence-electron chi connectivity index (χ4n) is 1.06. The first-order valence-corrected chi connectivity index (χ1v) is 5.94. The van der Waals surface area contributed by atoms with Crippen LogP contribution in [0.3, 0.4) is 0 Å². The van der Waals surface area contributed by atoms with Gasteiger partial charge in [-0.3, -0.25) is 4.98 Å². The van der Waals surface area contributed by atoms with Crippen molar-refractivity contribution in [2.45, 2.75) is 17.5 Å². The number of nitrogen functional groups attached to an aromatic ring is 1. The maximum atomic E-state index is 11.7. The summed E-state index contributed by atoms with van der Waals surface area (Å²) in [6.07, 6.45) is -0.535. The molecule has 0 spiro atoms. The number of aromatic nitrogens is 1. The van der Waals surface area contributed by atoms with Crippen molar-refractivity contribution in [2.24, 2.45) is 0 Å². The van der Waals surface area contributed by atoms with Crippen LogP contribution >= 0.6 is 11.8 Å². The molecule has 1 rings (SSSR count). The van der Waals surface area contributed by atoms with Crippen LogP contribution in [0.25, 0.3) is 0 Å². The minimum absolute atomic E-state index is 0.0947. The van der Waals surface area contributed by atoms with Crippen LogP contribution in [0.5, 0.6) is 0 Å². The summed E-state index contributed by atoms with van der Waals surface area (Å²) in [5.74, 6) is 0.659. The third-order valence-electron chi connectivity index (χ3n) is 1.77. The number of alkyl halides is 3. The summed E-state index contributed by atoms with van der Waals surface area (Å²) in [7, 11) is 0. The fourth-order valence-corrected chi connectivity index (χ4v) is 1.91. The van der Waals surface area contributed by atoms with Crippen molar-refractivity contribution in [3.05, 3.63) is 18.5 Å². The molecule has 7 heteroatoms. The summed E-state index contributed by atoms with van der Waals surface area (Å²) in [5.41, 5.74) is 6.23. The summed E-state index contributed by atoms with van der Waals surface area (Å²) in [5, 5.41) is 0. The number of anilines is 1. The Bertz CT molecular complexity index is 347. The van der Waals surface area contributed by atoms with Crippen molar-refractivity contribution in [1.82, 2.24) is 4.98 Å². The highest BCUT2D eigenvalue weighted by Gasteiger charge is 2.27. The zero-order chi connectivity index (χ0) is 12.7. The van der Waals surface area contributed by atoms with Gasteiger partial charge in [0.2, 0.25) is 0 Å². The van der Waals surface area contributed by atoms with E-state index >= 15 is 0 Å². The van der Waals surface area contributed by atoms with Crippen LogP contribution < -0.4 is 5.73 Å². The van der Waals surface area contributed by atoms with Crippen molar-refractivity contribution >= 4 is 17.4 Å². The number of thioether (sulfide) groups is 1. The van der Waals surface area contributed by atoms with Gasteiger partial charge in [0.25, 0.3) is 0 Å². The molecule has 2 N–H and O–H groups in total. The molecule has 96 valence electrons. The van der Waals surface area contributed by atoms with Gasteiger partial charge in [-0.05, 0) is 12.5 Å². The molecule has 0 saturated heterocycles.